The van der Waals surface area contributed by atoms with Crippen molar-refractivity contribution in [2.24, 2.45) is 5.73 Å². The summed E-state index contributed by atoms with van der Waals surface area (Å²) in [5.41, 5.74) is 16.1. The van der Waals surface area contributed by atoms with Crippen LogP contribution in [0.25, 0.3) is 0 Å². The molecule has 1 aromatic carbocycles. The van der Waals surface area contributed by atoms with Gasteiger partial charge in [0.1, 0.15) is 5.69 Å². The number of hydrogen-bond donors (Lipinski definition) is 3. The molecule has 0 radical (unpaired) electrons. The zero-order chi connectivity index (χ0) is 14.9. The Kier molecular flexibility index (Phi) is 3.61. The van der Waals surface area contributed by atoms with Crippen molar-refractivity contribution in [3.8, 4) is 0 Å². The summed E-state index contributed by atoms with van der Waals surface area (Å²) in [5.74, 6) is -0.137. The number of pyridine rings is 1. The number of carbonyl (C=O) groups is 1. The van der Waals surface area contributed by atoms with Crippen molar-refractivity contribution in [3.05, 3.63) is 46.6 Å². The summed E-state index contributed by atoms with van der Waals surface area (Å²) in [4.78, 5) is 15.3. The molecule has 0 atom stereocenters. The number of nitrogens with two attached hydrogens (primary N) is 2. The highest BCUT2D eigenvalue weighted by atomic mass is 16.1. The minimum atomic E-state index is -0.578. The summed E-state index contributed by atoms with van der Waals surface area (Å²) in [6.45, 7) is 6.07. The van der Waals surface area contributed by atoms with Crippen LogP contribution in [0.2, 0.25) is 0 Å². The summed E-state index contributed by atoms with van der Waals surface area (Å²) in [7, 11) is 0. The Morgan fingerprint density at radius 2 is 1.75 bits per heavy atom. The van der Waals surface area contributed by atoms with E-state index in [-0.39, 0.29) is 5.69 Å². The second-order valence-electron chi connectivity index (χ2n) is 4.90. The molecule has 1 heterocycles. The molecule has 0 spiro atoms. The summed E-state index contributed by atoms with van der Waals surface area (Å²) in [6.07, 6.45) is 0. The van der Waals surface area contributed by atoms with Crippen molar-refractivity contribution in [1.29, 1.82) is 0 Å². The SMILES string of the molecule is Cc1cc(C)c(Nc2nc(C(N)=O)ccc2N)c(C)c1. The van der Waals surface area contributed by atoms with Gasteiger partial charge in [-0.05, 0) is 44.0 Å². The number of anilines is 3. The van der Waals surface area contributed by atoms with Gasteiger partial charge in [-0.15, -0.1) is 0 Å². The number of nitrogens with zero attached hydrogens (tertiary/aromatic N) is 1. The largest absolute Gasteiger partial charge is 0.396 e. The average Bonchev–Trinajstić information content (AvgIpc) is 2.35. The second kappa shape index (κ2) is 5.21. The van der Waals surface area contributed by atoms with Crippen LogP contribution < -0.4 is 16.8 Å². The highest BCUT2D eigenvalue weighted by Crippen LogP contribution is 2.27. The maximum absolute atomic E-state index is 11.2. The molecule has 5 N–H and O–H groups in total. The predicted octanol–water partition coefficient (Wildman–Crippen LogP) is 2.43. The number of carbonyl (C=O) groups excluding carboxylic acids is 1. The molecule has 0 saturated heterocycles. The Bertz CT molecular complexity index is 657. The number of rotatable bonds is 3. The summed E-state index contributed by atoms with van der Waals surface area (Å²) in [5, 5.41) is 3.19. The molecule has 0 bridgehead atoms. The zero-order valence-electron chi connectivity index (χ0n) is 11.8. The van der Waals surface area contributed by atoms with Gasteiger partial charge >= 0.3 is 0 Å². The molecule has 0 fully saturated rings. The van der Waals surface area contributed by atoms with Crippen molar-refractivity contribution in [2.45, 2.75) is 20.8 Å². The van der Waals surface area contributed by atoms with Gasteiger partial charge in [-0.25, -0.2) is 4.98 Å². The number of nitrogens with one attached hydrogen (secondary N) is 1. The Morgan fingerprint density at radius 3 is 2.30 bits per heavy atom. The lowest BCUT2D eigenvalue weighted by atomic mass is 10.1. The first-order valence-corrected chi connectivity index (χ1v) is 6.29. The van der Waals surface area contributed by atoms with E-state index in [0.717, 1.165) is 16.8 Å². The van der Waals surface area contributed by atoms with Crippen molar-refractivity contribution in [3.63, 3.8) is 0 Å². The van der Waals surface area contributed by atoms with E-state index in [1.807, 2.05) is 20.8 Å². The minimum absolute atomic E-state index is 0.184. The average molecular weight is 270 g/mol. The van der Waals surface area contributed by atoms with Gasteiger partial charge in [0, 0.05) is 5.69 Å². The fraction of sp³-hybridized carbons (Fsp3) is 0.200. The van der Waals surface area contributed by atoms with E-state index in [4.69, 9.17) is 11.5 Å². The molecule has 2 aromatic rings. The van der Waals surface area contributed by atoms with E-state index in [9.17, 15) is 4.79 Å². The number of aromatic nitrogens is 1. The number of benzene rings is 1. The molecule has 0 unspecified atom stereocenters. The Labute approximate surface area is 118 Å². The van der Waals surface area contributed by atoms with Crippen LogP contribution in [-0.4, -0.2) is 10.9 Å². The smallest absolute Gasteiger partial charge is 0.267 e. The lowest BCUT2D eigenvalue weighted by Gasteiger charge is -2.15. The van der Waals surface area contributed by atoms with Crippen molar-refractivity contribution < 1.29 is 4.79 Å². The first-order valence-electron chi connectivity index (χ1n) is 6.29. The van der Waals surface area contributed by atoms with Crippen LogP contribution in [0.15, 0.2) is 24.3 Å². The lowest BCUT2D eigenvalue weighted by Crippen LogP contribution is -2.14. The first kappa shape index (κ1) is 13.9. The van der Waals surface area contributed by atoms with Crippen LogP contribution in [0.5, 0.6) is 0 Å². The van der Waals surface area contributed by atoms with Crippen LogP contribution in [0, 0.1) is 20.8 Å². The van der Waals surface area contributed by atoms with E-state index >= 15 is 0 Å². The van der Waals surface area contributed by atoms with E-state index in [1.54, 1.807) is 6.07 Å². The Hall–Kier alpha value is -2.56. The summed E-state index contributed by atoms with van der Waals surface area (Å²) in [6, 6.07) is 7.28. The van der Waals surface area contributed by atoms with Gasteiger partial charge in [-0.2, -0.15) is 0 Å². The molecule has 1 amide bonds. The van der Waals surface area contributed by atoms with Gasteiger partial charge < -0.3 is 16.8 Å². The van der Waals surface area contributed by atoms with Crippen LogP contribution in [0.1, 0.15) is 27.2 Å². The molecular formula is C15H18N4O. The van der Waals surface area contributed by atoms with Crippen LogP contribution in [0.3, 0.4) is 0 Å². The van der Waals surface area contributed by atoms with Crippen molar-refractivity contribution in [2.75, 3.05) is 11.1 Å². The first-order chi connectivity index (χ1) is 9.38. The maximum atomic E-state index is 11.2. The molecular weight excluding hydrogens is 252 g/mol. The zero-order valence-corrected chi connectivity index (χ0v) is 11.8. The van der Waals surface area contributed by atoms with E-state index in [0.29, 0.717) is 11.5 Å². The highest BCUT2D eigenvalue weighted by Gasteiger charge is 2.10. The van der Waals surface area contributed by atoms with Gasteiger partial charge in [-0.3, -0.25) is 4.79 Å². The normalized spacial score (nSPS) is 10.3. The van der Waals surface area contributed by atoms with Gasteiger partial charge in [0.2, 0.25) is 0 Å². The van der Waals surface area contributed by atoms with Crippen molar-refractivity contribution >= 4 is 23.1 Å². The number of aryl methyl sites for hydroxylation is 3. The third kappa shape index (κ3) is 2.71. The second-order valence-corrected chi connectivity index (χ2v) is 4.90. The van der Waals surface area contributed by atoms with Gasteiger partial charge in [0.25, 0.3) is 5.91 Å². The number of amides is 1. The quantitative estimate of drug-likeness (QED) is 0.798. The third-order valence-electron chi connectivity index (χ3n) is 3.10. The Balaban J connectivity index is 2.45. The molecule has 104 valence electrons. The van der Waals surface area contributed by atoms with E-state index in [1.165, 1.54) is 11.6 Å². The monoisotopic (exact) mass is 270 g/mol. The predicted molar refractivity (Wildman–Crippen MR) is 81.1 cm³/mol. The molecule has 20 heavy (non-hydrogen) atoms. The standard InChI is InChI=1S/C15H18N4O/c1-8-6-9(2)13(10(3)7-8)19-15-11(16)4-5-12(18-15)14(17)20/h4-7H,16H2,1-3H3,(H2,17,20)(H,18,19). The molecule has 0 saturated carbocycles. The number of primary amides is 1. The lowest BCUT2D eigenvalue weighted by molar-refractivity contribution is 0.0996. The number of nitrogen functional groups attached to an aromatic ring is 1. The van der Waals surface area contributed by atoms with Crippen LogP contribution in [-0.2, 0) is 0 Å². The summed E-state index contributed by atoms with van der Waals surface area (Å²) >= 11 is 0. The number of hydrogen-bond acceptors (Lipinski definition) is 4. The third-order valence-corrected chi connectivity index (χ3v) is 3.10. The highest BCUT2D eigenvalue weighted by molar-refractivity contribution is 5.92. The van der Waals surface area contributed by atoms with E-state index in [2.05, 4.69) is 22.4 Å². The van der Waals surface area contributed by atoms with Gasteiger partial charge in [0.15, 0.2) is 5.82 Å². The molecule has 5 heteroatoms. The molecule has 1 aromatic heterocycles. The molecule has 2 rings (SSSR count). The van der Waals surface area contributed by atoms with Crippen LogP contribution >= 0.6 is 0 Å². The topological polar surface area (TPSA) is 94.0 Å². The van der Waals surface area contributed by atoms with Gasteiger partial charge in [-0.1, -0.05) is 17.7 Å². The minimum Gasteiger partial charge on any atom is -0.396 e. The van der Waals surface area contributed by atoms with Gasteiger partial charge in [0.05, 0.1) is 5.69 Å². The summed E-state index contributed by atoms with van der Waals surface area (Å²) < 4.78 is 0. The molecule has 0 aliphatic rings. The molecule has 0 aliphatic carbocycles. The van der Waals surface area contributed by atoms with E-state index < -0.39 is 5.91 Å². The molecule has 0 aliphatic heterocycles. The maximum Gasteiger partial charge on any atom is 0.267 e. The molecule has 5 nitrogen and oxygen atoms in total. The Morgan fingerprint density at radius 1 is 1.15 bits per heavy atom. The van der Waals surface area contributed by atoms with Crippen molar-refractivity contribution in [1.82, 2.24) is 4.98 Å². The van der Waals surface area contributed by atoms with Crippen LogP contribution in [0.4, 0.5) is 17.2 Å². The fourth-order valence-corrected chi connectivity index (χ4v) is 2.20. The fourth-order valence-electron chi connectivity index (χ4n) is 2.20.